The average Bonchev–Trinajstić information content (AvgIpc) is 2.72. The first-order valence-electron chi connectivity index (χ1n) is 6.30. The van der Waals surface area contributed by atoms with Gasteiger partial charge in [0.05, 0.1) is 0 Å². The molecule has 14 heavy (non-hydrogen) atoms. The predicted octanol–water partition coefficient (Wildman–Crippen LogP) is 2.00. The fourth-order valence-corrected chi connectivity index (χ4v) is 2.92. The molecule has 0 aromatic heterocycles. The van der Waals surface area contributed by atoms with Gasteiger partial charge in [0.1, 0.15) is 0 Å². The van der Waals surface area contributed by atoms with Crippen LogP contribution in [0.15, 0.2) is 0 Å². The van der Waals surface area contributed by atoms with Gasteiger partial charge in [0, 0.05) is 18.6 Å². The van der Waals surface area contributed by atoms with Gasteiger partial charge in [-0.25, -0.2) is 0 Å². The molecule has 2 fully saturated rings. The minimum atomic E-state index is 0.773. The number of hydrogen-bond acceptors (Lipinski definition) is 2. The fraction of sp³-hybridized carbons (Fsp3) is 1.00. The molecule has 1 aliphatic heterocycles. The quantitative estimate of drug-likeness (QED) is 0.743. The Bertz CT molecular complexity index is 158. The van der Waals surface area contributed by atoms with E-state index in [2.05, 4.69) is 17.3 Å². The van der Waals surface area contributed by atoms with Gasteiger partial charge < -0.3 is 10.2 Å². The van der Waals surface area contributed by atoms with Crippen LogP contribution in [0, 0.1) is 0 Å². The van der Waals surface area contributed by atoms with E-state index in [9.17, 15) is 0 Å². The van der Waals surface area contributed by atoms with Crippen molar-refractivity contribution in [1.29, 1.82) is 0 Å². The van der Waals surface area contributed by atoms with Crippen LogP contribution in [-0.2, 0) is 0 Å². The fourth-order valence-electron chi connectivity index (χ4n) is 2.92. The molecule has 1 N–H and O–H groups in total. The van der Waals surface area contributed by atoms with Gasteiger partial charge in [-0.2, -0.15) is 0 Å². The molecule has 1 saturated carbocycles. The largest absolute Gasteiger partial charge is 0.313 e. The maximum atomic E-state index is 3.63. The van der Waals surface area contributed by atoms with E-state index in [0.29, 0.717) is 0 Å². The van der Waals surface area contributed by atoms with Gasteiger partial charge in [-0.3, -0.25) is 0 Å². The topological polar surface area (TPSA) is 15.3 Å². The van der Waals surface area contributed by atoms with Crippen LogP contribution in [0.4, 0.5) is 0 Å². The zero-order valence-electron chi connectivity index (χ0n) is 9.47. The Morgan fingerprint density at radius 1 is 1.07 bits per heavy atom. The van der Waals surface area contributed by atoms with Crippen molar-refractivity contribution >= 4 is 0 Å². The lowest BCUT2D eigenvalue weighted by Gasteiger charge is -2.31. The predicted molar refractivity (Wildman–Crippen MR) is 60.5 cm³/mol. The highest BCUT2D eigenvalue weighted by Crippen LogP contribution is 2.23. The number of nitrogens with zero attached hydrogens (tertiary/aromatic N) is 1. The molecule has 0 aromatic carbocycles. The van der Waals surface area contributed by atoms with E-state index in [1.165, 1.54) is 58.0 Å². The summed E-state index contributed by atoms with van der Waals surface area (Å²) >= 11 is 0. The molecule has 2 nitrogen and oxygen atoms in total. The third-order valence-electron chi connectivity index (χ3n) is 3.87. The van der Waals surface area contributed by atoms with E-state index < -0.39 is 0 Å². The van der Waals surface area contributed by atoms with Crippen LogP contribution in [0.2, 0.25) is 0 Å². The third kappa shape index (κ3) is 2.71. The first-order valence-corrected chi connectivity index (χ1v) is 6.30. The van der Waals surface area contributed by atoms with Gasteiger partial charge >= 0.3 is 0 Å². The van der Waals surface area contributed by atoms with Crippen LogP contribution >= 0.6 is 0 Å². The van der Waals surface area contributed by atoms with Crippen LogP contribution in [0.25, 0.3) is 0 Å². The number of nitrogens with one attached hydrogen (secondary N) is 1. The Hall–Kier alpha value is -0.0800. The van der Waals surface area contributed by atoms with Crippen LogP contribution in [0.3, 0.4) is 0 Å². The number of rotatable bonds is 3. The van der Waals surface area contributed by atoms with Gasteiger partial charge in [-0.1, -0.05) is 19.3 Å². The molecule has 2 rings (SSSR count). The molecule has 2 aliphatic rings. The Balaban J connectivity index is 1.72. The molecule has 1 heterocycles. The Morgan fingerprint density at radius 2 is 1.79 bits per heavy atom. The summed E-state index contributed by atoms with van der Waals surface area (Å²) in [5, 5.41) is 3.63. The van der Waals surface area contributed by atoms with Crippen molar-refractivity contribution in [2.24, 2.45) is 0 Å². The van der Waals surface area contributed by atoms with Crippen molar-refractivity contribution in [3.8, 4) is 0 Å². The monoisotopic (exact) mass is 196 g/mol. The van der Waals surface area contributed by atoms with E-state index in [4.69, 9.17) is 0 Å². The summed E-state index contributed by atoms with van der Waals surface area (Å²) in [6, 6.07) is 1.66. The zero-order valence-corrected chi connectivity index (χ0v) is 9.47. The molecular formula is C12H24N2. The summed E-state index contributed by atoms with van der Waals surface area (Å²) < 4.78 is 0. The Kier molecular flexibility index (Phi) is 3.82. The summed E-state index contributed by atoms with van der Waals surface area (Å²) in [6.45, 7) is 2.51. The van der Waals surface area contributed by atoms with Gasteiger partial charge in [-0.15, -0.1) is 0 Å². The number of likely N-dealkylation sites (N-methyl/N-ethyl adjacent to an activating group) is 1. The molecule has 1 saturated heterocycles. The van der Waals surface area contributed by atoms with Gasteiger partial charge in [-0.05, 0) is 39.3 Å². The minimum Gasteiger partial charge on any atom is -0.313 e. The molecule has 0 aromatic rings. The molecule has 82 valence electrons. The molecule has 0 spiro atoms. The molecule has 2 heteroatoms. The van der Waals surface area contributed by atoms with Crippen molar-refractivity contribution in [2.45, 2.75) is 57.0 Å². The second-order valence-corrected chi connectivity index (χ2v) is 5.02. The lowest BCUT2D eigenvalue weighted by Crippen LogP contribution is -2.45. The summed E-state index contributed by atoms with van der Waals surface area (Å²) in [5.74, 6) is 0. The van der Waals surface area contributed by atoms with Crippen LogP contribution < -0.4 is 5.32 Å². The maximum absolute atomic E-state index is 3.63. The highest BCUT2D eigenvalue weighted by atomic mass is 15.2. The molecule has 1 atom stereocenters. The lowest BCUT2D eigenvalue weighted by molar-refractivity contribution is 0.204. The molecule has 1 aliphatic carbocycles. The SMILES string of the molecule is CN(C[C@@H]1CCCCN1)C1CCCC1. The van der Waals surface area contributed by atoms with Gasteiger partial charge in [0.25, 0.3) is 0 Å². The Labute approximate surface area is 88.1 Å². The van der Waals surface area contributed by atoms with Crippen molar-refractivity contribution in [1.82, 2.24) is 10.2 Å². The molecule has 0 bridgehead atoms. The van der Waals surface area contributed by atoms with Gasteiger partial charge in [0.2, 0.25) is 0 Å². The van der Waals surface area contributed by atoms with E-state index in [-0.39, 0.29) is 0 Å². The molecular weight excluding hydrogens is 172 g/mol. The van der Waals surface area contributed by atoms with E-state index in [1.54, 1.807) is 0 Å². The van der Waals surface area contributed by atoms with Crippen LogP contribution in [0.5, 0.6) is 0 Å². The zero-order chi connectivity index (χ0) is 9.80. The summed E-state index contributed by atoms with van der Waals surface area (Å²) in [5.41, 5.74) is 0. The lowest BCUT2D eigenvalue weighted by atomic mass is 10.0. The second-order valence-electron chi connectivity index (χ2n) is 5.02. The number of hydrogen-bond donors (Lipinski definition) is 1. The highest BCUT2D eigenvalue weighted by molar-refractivity contribution is 4.80. The third-order valence-corrected chi connectivity index (χ3v) is 3.87. The van der Waals surface area contributed by atoms with Crippen LogP contribution in [0.1, 0.15) is 44.9 Å². The Morgan fingerprint density at radius 3 is 2.43 bits per heavy atom. The van der Waals surface area contributed by atoms with E-state index in [0.717, 1.165) is 12.1 Å². The van der Waals surface area contributed by atoms with Crippen molar-refractivity contribution < 1.29 is 0 Å². The van der Waals surface area contributed by atoms with Crippen molar-refractivity contribution in [2.75, 3.05) is 20.1 Å². The standard InChI is InChI=1S/C12H24N2/c1-14(12-7-2-3-8-12)10-11-6-4-5-9-13-11/h11-13H,2-10H2,1H3/t11-/m0/s1. The molecule has 0 amide bonds. The van der Waals surface area contributed by atoms with Crippen molar-refractivity contribution in [3.05, 3.63) is 0 Å². The summed E-state index contributed by atoms with van der Waals surface area (Å²) in [6.07, 6.45) is 9.96. The molecule has 0 radical (unpaired) electrons. The van der Waals surface area contributed by atoms with E-state index >= 15 is 0 Å². The normalized spacial score (nSPS) is 30.0. The first kappa shape index (κ1) is 10.4. The number of piperidine rings is 1. The minimum absolute atomic E-state index is 0.773. The first-order chi connectivity index (χ1) is 6.86. The summed E-state index contributed by atoms with van der Waals surface area (Å²) in [4.78, 5) is 2.59. The molecule has 0 unspecified atom stereocenters. The smallest absolute Gasteiger partial charge is 0.0195 e. The maximum Gasteiger partial charge on any atom is 0.0195 e. The highest BCUT2D eigenvalue weighted by Gasteiger charge is 2.22. The van der Waals surface area contributed by atoms with Crippen molar-refractivity contribution in [3.63, 3.8) is 0 Å². The summed E-state index contributed by atoms with van der Waals surface area (Å²) in [7, 11) is 2.31. The van der Waals surface area contributed by atoms with E-state index in [1.807, 2.05) is 0 Å². The average molecular weight is 196 g/mol. The van der Waals surface area contributed by atoms with Gasteiger partial charge in [0.15, 0.2) is 0 Å². The second kappa shape index (κ2) is 5.13. The van der Waals surface area contributed by atoms with Crippen LogP contribution in [-0.4, -0.2) is 37.1 Å².